The van der Waals surface area contributed by atoms with Crippen LogP contribution in [0.4, 0.5) is 13.2 Å². The summed E-state index contributed by atoms with van der Waals surface area (Å²) in [6, 6.07) is 19.6. The van der Waals surface area contributed by atoms with Crippen LogP contribution < -0.4 is 0 Å². The summed E-state index contributed by atoms with van der Waals surface area (Å²) in [4.78, 5) is 0. The highest BCUT2D eigenvalue weighted by molar-refractivity contribution is 6.46. The average Bonchev–Trinajstić information content (AvgIpc) is 2.72. The van der Waals surface area contributed by atoms with Gasteiger partial charge in [0.05, 0.1) is 10.0 Å². The van der Waals surface area contributed by atoms with Gasteiger partial charge in [0.25, 0.3) is 0 Å². The molecule has 0 bridgehead atoms. The summed E-state index contributed by atoms with van der Waals surface area (Å²) in [7, 11) is 0. The van der Waals surface area contributed by atoms with E-state index in [2.05, 4.69) is 0 Å². The van der Waals surface area contributed by atoms with Gasteiger partial charge in [-0.3, -0.25) is 0 Å². The maximum atomic E-state index is 13.5. The van der Waals surface area contributed by atoms with Gasteiger partial charge in [-0.05, 0) is 64.7 Å². The van der Waals surface area contributed by atoms with Gasteiger partial charge in [0.1, 0.15) is 17.5 Å². The molecule has 5 heteroatoms. The second kappa shape index (κ2) is 7.94. The molecule has 0 aliphatic heterocycles. The van der Waals surface area contributed by atoms with Crippen LogP contribution in [0.15, 0.2) is 78.9 Å². The lowest BCUT2D eigenvalue weighted by molar-refractivity contribution is 0.627. The first-order chi connectivity index (χ1) is 13.9. The van der Waals surface area contributed by atoms with Crippen LogP contribution in [0.2, 0.25) is 10.0 Å². The zero-order valence-corrected chi connectivity index (χ0v) is 16.4. The van der Waals surface area contributed by atoms with Crippen LogP contribution in [0, 0.1) is 17.5 Å². The minimum Gasteiger partial charge on any atom is -0.207 e. The second-order valence-corrected chi connectivity index (χ2v) is 7.25. The lowest BCUT2D eigenvalue weighted by Crippen LogP contribution is -1.92. The van der Waals surface area contributed by atoms with Crippen LogP contribution in [0.1, 0.15) is 0 Å². The van der Waals surface area contributed by atoms with Crippen molar-refractivity contribution in [3.8, 4) is 33.4 Å². The van der Waals surface area contributed by atoms with E-state index in [1.54, 1.807) is 36.4 Å². The highest BCUT2D eigenvalue weighted by atomic mass is 35.5. The fourth-order valence-corrected chi connectivity index (χ4v) is 3.79. The monoisotopic (exact) mass is 428 g/mol. The Morgan fingerprint density at radius 3 is 1.28 bits per heavy atom. The van der Waals surface area contributed by atoms with Crippen LogP contribution in [-0.4, -0.2) is 0 Å². The molecule has 0 atom stereocenters. The van der Waals surface area contributed by atoms with E-state index in [1.807, 2.05) is 6.07 Å². The third-order valence-electron chi connectivity index (χ3n) is 4.65. The summed E-state index contributed by atoms with van der Waals surface area (Å²) in [6.07, 6.45) is 0. The standard InChI is InChI=1S/C24H13Cl2F3/c25-23-21(15-3-9-18(28)10-4-15)13-20(14-1-7-17(27)8-2-14)22(24(23)26)16-5-11-19(29)12-6-16/h1-13H. The zero-order valence-electron chi connectivity index (χ0n) is 14.9. The van der Waals surface area contributed by atoms with E-state index in [1.165, 1.54) is 36.4 Å². The third kappa shape index (κ3) is 3.89. The minimum absolute atomic E-state index is 0.277. The summed E-state index contributed by atoms with van der Waals surface area (Å²) in [6.45, 7) is 0. The van der Waals surface area contributed by atoms with Crippen LogP contribution in [0.5, 0.6) is 0 Å². The molecular formula is C24H13Cl2F3. The zero-order chi connectivity index (χ0) is 20.5. The molecule has 144 valence electrons. The molecule has 4 aromatic carbocycles. The van der Waals surface area contributed by atoms with E-state index in [0.717, 1.165) is 0 Å². The van der Waals surface area contributed by atoms with Crippen molar-refractivity contribution in [2.75, 3.05) is 0 Å². The van der Waals surface area contributed by atoms with Crippen LogP contribution in [0.25, 0.3) is 33.4 Å². The van der Waals surface area contributed by atoms with Gasteiger partial charge in [0.2, 0.25) is 0 Å². The predicted molar refractivity (Wildman–Crippen MR) is 113 cm³/mol. The smallest absolute Gasteiger partial charge is 0.123 e. The quantitative estimate of drug-likeness (QED) is 0.307. The van der Waals surface area contributed by atoms with Gasteiger partial charge in [0, 0.05) is 11.1 Å². The second-order valence-electron chi connectivity index (χ2n) is 6.50. The molecule has 4 aromatic rings. The Labute approximate surface area is 176 Å². The van der Waals surface area contributed by atoms with E-state index in [0.29, 0.717) is 38.4 Å². The topological polar surface area (TPSA) is 0 Å². The van der Waals surface area contributed by atoms with Crippen molar-refractivity contribution in [3.63, 3.8) is 0 Å². The van der Waals surface area contributed by atoms with Gasteiger partial charge >= 0.3 is 0 Å². The van der Waals surface area contributed by atoms with Crippen molar-refractivity contribution < 1.29 is 13.2 Å². The molecule has 0 amide bonds. The molecule has 0 fully saturated rings. The number of rotatable bonds is 3. The Balaban J connectivity index is 2.01. The van der Waals surface area contributed by atoms with Gasteiger partial charge in [-0.15, -0.1) is 0 Å². The van der Waals surface area contributed by atoms with E-state index >= 15 is 0 Å². The molecule has 0 saturated heterocycles. The molecule has 0 N–H and O–H groups in total. The van der Waals surface area contributed by atoms with Crippen molar-refractivity contribution in [1.82, 2.24) is 0 Å². The summed E-state index contributed by atoms with van der Waals surface area (Å²) in [5.41, 5.74) is 3.99. The van der Waals surface area contributed by atoms with Gasteiger partial charge in [0.15, 0.2) is 0 Å². The minimum atomic E-state index is -0.373. The molecule has 0 aliphatic carbocycles. The van der Waals surface area contributed by atoms with Crippen molar-refractivity contribution in [1.29, 1.82) is 0 Å². The van der Waals surface area contributed by atoms with Crippen molar-refractivity contribution >= 4 is 23.2 Å². The summed E-state index contributed by atoms with van der Waals surface area (Å²) in [5, 5.41) is 0.572. The maximum Gasteiger partial charge on any atom is 0.123 e. The van der Waals surface area contributed by atoms with E-state index in [4.69, 9.17) is 23.2 Å². The highest BCUT2D eigenvalue weighted by Crippen LogP contribution is 2.46. The van der Waals surface area contributed by atoms with Crippen molar-refractivity contribution in [2.24, 2.45) is 0 Å². The molecular weight excluding hydrogens is 416 g/mol. The Bertz CT molecular complexity index is 1170. The predicted octanol–water partition coefficient (Wildman–Crippen LogP) is 8.41. The molecule has 0 spiro atoms. The summed E-state index contributed by atoms with van der Waals surface area (Å²) in [5.74, 6) is -1.10. The van der Waals surface area contributed by atoms with E-state index in [-0.39, 0.29) is 22.5 Å². The SMILES string of the molecule is Fc1ccc(-c2cc(-c3ccc(F)cc3)c(-c3ccc(F)cc3)c(Cl)c2Cl)cc1. The molecule has 0 aliphatic rings. The van der Waals surface area contributed by atoms with E-state index < -0.39 is 0 Å². The summed E-state index contributed by atoms with van der Waals surface area (Å²) < 4.78 is 40.3. The van der Waals surface area contributed by atoms with Gasteiger partial charge in [-0.25, -0.2) is 13.2 Å². The Morgan fingerprint density at radius 2 is 0.828 bits per heavy atom. The average molecular weight is 429 g/mol. The number of hydrogen-bond acceptors (Lipinski definition) is 0. The third-order valence-corrected chi connectivity index (χ3v) is 5.52. The molecule has 4 rings (SSSR count). The lowest BCUT2D eigenvalue weighted by Gasteiger charge is -2.17. The van der Waals surface area contributed by atoms with Gasteiger partial charge < -0.3 is 0 Å². The Hall–Kier alpha value is -2.75. The highest BCUT2D eigenvalue weighted by Gasteiger charge is 2.19. The normalized spacial score (nSPS) is 10.9. The van der Waals surface area contributed by atoms with Gasteiger partial charge in [-0.2, -0.15) is 0 Å². The molecule has 29 heavy (non-hydrogen) atoms. The van der Waals surface area contributed by atoms with Crippen LogP contribution in [0.3, 0.4) is 0 Å². The number of halogens is 5. The molecule has 0 nitrogen and oxygen atoms in total. The van der Waals surface area contributed by atoms with Crippen LogP contribution in [-0.2, 0) is 0 Å². The largest absolute Gasteiger partial charge is 0.207 e. The first kappa shape index (κ1) is 19.6. The van der Waals surface area contributed by atoms with Crippen molar-refractivity contribution in [2.45, 2.75) is 0 Å². The van der Waals surface area contributed by atoms with Crippen molar-refractivity contribution in [3.05, 3.63) is 106 Å². The van der Waals surface area contributed by atoms with Crippen LogP contribution >= 0.6 is 23.2 Å². The molecule has 0 radical (unpaired) electrons. The number of benzene rings is 4. The molecule has 0 saturated carbocycles. The molecule has 0 aromatic heterocycles. The molecule has 0 heterocycles. The Morgan fingerprint density at radius 1 is 0.448 bits per heavy atom. The first-order valence-electron chi connectivity index (χ1n) is 8.74. The Kier molecular flexibility index (Phi) is 5.35. The number of hydrogen-bond donors (Lipinski definition) is 0. The first-order valence-corrected chi connectivity index (χ1v) is 9.49. The van der Waals surface area contributed by atoms with E-state index in [9.17, 15) is 13.2 Å². The maximum absolute atomic E-state index is 13.5. The molecule has 0 unspecified atom stereocenters. The van der Waals surface area contributed by atoms with Gasteiger partial charge in [-0.1, -0.05) is 59.6 Å². The summed E-state index contributed by atoms with van der Waals surface area (Å²) >= 11 is 13.2. The lowest BCUT2D eigenvalue weighted by atomic mass is 9.90. The fraction of sp³-hybridized carbons (Fsp3) is 0. The fourth-order valence-electron chi connectivity index (χ4n) is 3.22.